The molecule has 10 heteroatoms. The van der Waals surface area contributed by atoms with Crippen molar-refractivity contribution in [2.45, 2.75) is 11.8 Å². The average molecular weight is 477 g/mol. The highest BCUT2D eigenvalue weighted by molar-refractivity contribution is 7.92. The zero-order chi connectivity index (χ0) is 24.2. The summed E-state index contributed by atoms with van der Waals surface area (Å²) in [6.45, 7) is 1.05. The predicted molar refractivity (Wildman–Crippen MR) is 120 cm³/mol. The molecule has 0 unspecified atom stereocenters. The van der Waals surface area contributed by atoms with Gasteiger partial charge in [0.15, 0.2) is 11.5 Å². The van der Waals surface area contributed by atoms with Gasteiger partial charge in [0.05, 0.1) is 24.8 Å². The first kappa shape index (κ1) is 24.0. The van der Waals surface area contributed by atoms with Crippen molar-refractivity contribution in [3.63, 3.8) is 0 Å². The van der Waals surface area contributed by atoms with Crippen molar-refractivity contribution in [3.05, 3.63) is 77.9 Å². The molecule has 0 atom stereocenters. The number of amides is 1. The van der Waals surface area contributed by atoms with Gasteiger partial charge in [0, 0.05) is 6.07 Å². The highest BCUT2D eigenvalue weighted by Gasteiger charge is 2.28. The molecule has 0 radical (unpaired) electrons. The topological polar surface area (TPSA) is 84.9 Å². The number of sulfonamides is 1. The van der Waals surface area contributed by atoms with Gasteiger partial charge in [-0.3, -0.25) is 9.10 Å². The summed E-state index contributed by atoms with van der Waals surface area (Å²) in [6.07, 6.45) is 0. The van der Waals surface area contributed by atoms with Crippen molar-refractivity contribution in [3.8, 4) is 11.5 Å². The van der Waals surface area contributed by atoms with E-state index in [4.69, 9.17) is 9.47 Å². The first-order valence-electron chi connectivity index (χ1n) is 9.72. The van der Waals surface area contributed by atoms with Gasteiger partial charge in [-0.05, 0) is 43.3 Å². The molecule has 0 aliphatic carbocycles. The average Bonchev–Trinajstić information content (AvgIpc) is 2.79. The summed E-state index contributed by atoms with van der Waals surface area (Å²) in [5, 5.41) is 2.11. The zero-order valence-electron chi connectivity index (χ0n) is 18.1. The molecule has 0 saturated carbocycles. The van der Waals surface area contributed by atoms with Crippen molar-refractivity contribution in [1.29, 1.82) is 0 Å². The van der Waals surface area contributed by atoms with Crippen LogP contribution in [0.3, 0.4) is 0 Å². The van der Waals surface area contributed by atoms with Gasteiger partial charge in [-0.1, -0.05) is 23.8 Å². The molecule has 33 heavy (non-hydrogen) atoms. The Hall–Kier alpha value is -3.66. The Kier molecular flexibility index (Phi) is 7.17. The van der Waals surface area contributed by atoms with E-state index < -0.39 is 39.8 Å². The van der Waals surface area contributed by atoms with Gasteiger partial charge in [-0.2, -0.15) is 0 Å². The number of nitrogens with one attached hydrogen (secondary N) is 1. The van der Waals surface area contributed by atoms with E-state index >= 15 is 0 Å². The molecule has 3 rings (SSSR count). The first-order chi connectivity index (χ1) is 15.7. The second kappa shape index (κ2) is 9.86. The Morgan fingerprint density at radius 1 is 0.939 bits per heavy atom. The lowest BCUT2D eigenvalue weighted by atomic mass is 10.2. The Bertz CT molecular complexity index is 1240. The molecule has 0 heterocycles. The molecule has 0 bridgehead atoms. The van der Waals surface area contributed by atoms with Gasteiger partial charge in [0.25, 0.3) is 10.0 Å². The number of benzene rings is 3. The summed E-state index contributed by atoms with van der Waals surface area (Å²) in [5.41, 5.74) is 0.277. The van der Waals surface area contributed by atoms with Crippen LogP contribution in [-0.4, -0.2) is 35.1 Å². The highest BCUT2D eigenvalue weighted by Crippen LogP contribution is 2.34. The maximum Gasteiger partial charge on any atom is 0.264 e. The van der Waals surface area contributed by atoms with Crippen molar-refractivity contribution in [1.82, 2.24) is 0 Å². The highest BCUT2D eigenvalue weighted by atomic mass is 32.2. The minimum Gasteiger partial charge on any atom is -0.493 e. The number of ether oxygens (including phenoxy) is 2. The Balaban J connectivity index is 2.03. The molecule has 7 nitrogen and oxygen atoms in total. The van der Waals surface area contributed by atoms with Gasteiger partial charge >= 0.3 is 0 Å². The van der Waals surface area contributed by atoms with E-state index in [0.717, 1.165) is 28.1 Å². The molecule has 3 aromatic rings. The lowest BCUT2D eigenvalue weighted by molar-refractivity contribution is -0.114. The Morgan fingerprint density at radius 3 is 2.12 bits per heavy atom. The lowest BCUT2D eigenvalue weighted by Crippen LogP contribution is -2.38. The van der Waals surface area contributed by atoms with E-state index in [0.29, 0.717) is 5.75 Å². The van der Waals surface area contributed by atoms with Crippen molar-refractivity contribution >= 4 is 27.3 Å². The molecule has 0 saturated heterocycles. The van der Waals surface area contributed by atoms with Gasteiger partial charge in [0.1, 0.15) is 23.9 Å². The number of para-hydroxylation sites is 1. The maximum absolute atomic E-state index is 14.0. The van der Waals surface area contributed by atoms with Crippen LogP contribution >= 0.6 is 0 Å². The molecule has 0 aliphatic heterocycles. The minimum atomic E-state index is -4.23. The van der Waals surface area contributed by atoms with Gasteiger partial charge in [-0.25, -0.2) is 17.2 Å². The van der Waals surface area contributed by atoms with E-state index in [9.17, 15) is 22.0 Å². The molecule has 174 valence electrons. The number of anilines is 2. The summed E-state index contributed by atoms with van der Waals surface area (Å²) < 4.78 is 66.1. The Labute approximate surface area is 190 Å². The van der Waals surface area contributed by atoms with E-state index in [1.165, 1.54) is 44.6 Å². The number of carbonyl (C=O) groups is 1. The molecular weight excluding hydrogens is 454 g/mol. The summed E-state index contributed by atoms with van der Waals surface area (Å²) in [6, 6.07) is 13.5. The van der Waals surface area contributed by atoms with E-state index in [1.54, 1.807) is 19.1 Å². The number of hydrogen-bond acceptors (Lipinski definition) is 5. The number of methoxy groups -OCH3 is 2. The lowest BCUT2D eigenvalue weighted by Gasteiger charge is -2.25. The second-order valence-corrected chi connectivity index (χ2v) is 8.87. The quantitative estimate of drug-likeness (QED) is 0.529. The molecule has 1 amide bonds. The predicted octanol–water partition coefficient (Wildman–Crippen LogP) is 4.12. The van der Waals surface area contributed by atoms with Crippen LogP contribution in [0.2, 0.25) is 0 Å². The summed E-state index contributed by atoms with van der Waals surface area (Å²) >= 11 is 0. The van der Waals surface area contributed by atoms with E-state index in [-0.39, 0.29) is 16.3 Å². The van der Waals surface area contributed by atoms with Crippen LogP contribution in [0.25, 0.3) is 0 Å². The molecule has 0 aliphatic rings. The fourth-order valence-corrected chi connectivity index (χ4v) is 4.47. The number of carbonyl (C=O) groups excluding carboxylic acids is 1. The summed E-state index contributed by atoms with van der Waals surface area (Å²) in [7, 11) is -1.43. The standard InChI is InChI=1S/C23H22F2N2O5S/c1-15-7-10-17(11-8-15)33(29,30)27(16-9-12-20(31-2)21(13-16)32-3)14-22(28)26-23-18(24)5-4-6-19(23)25/h4-13H,14H2,1-3H3,(H,26,28). The Morgan fingerprint density at radius 2 is 1.55 bits per heavy atom. The number of rotatable bonds is 8. The maximum atomic E-state index is 14.0. The number of nitrogens with zero attached hydrogens (tertiary/aromatic N) is 1. The number of halogens is 2. The van der Waals surface area contributed by atoms with E-state index in [1.807, 2.05) is 0 Å². The van der Waals surface area contributed by atoms with Crippen LogP contribution in [0.1, 0.15) is 5.56 Å². The fourth-order valence-electron chi connectivity index (χ4n) is 3.06. The summed E-state index contributed by atoms with van der Waals surface area (Å²) in [5.74, 6) is -2.32. The van der Waals surface area contributed by atoms with E-state index in [2.05, 4.69) is 5.32 Å². The van der Waals surface area contributed by atoms with Crippen LogP contribution < -0.4 is 19.1 Å². The van der Waals surface area contributed by atoms with Crippen molar-refractivity contribution in [2.75, 3.05) is 30.4 Å². The molecule has 0 fully saturated rings. The van der Waals surface area contributed by atoms with Crippen LogP contribution in [0.4, 0.5) is 20.2 Å². The molecular formula is C23H22F2N2O5S. The normalized spacial score (nSPS) is 11.1. The largest absolute Gasteiger partial charge is 0.493 e. The van der Waals surface area contributed by atoms with Crippen molar-refractivity contribution < 1.29 is 31.5 Å². The van der Waals surface area contributed by atoms with Crippen LogP contribution in [0.5, 0.6) is 11.5 Å². The molecule has 3 aromatic carbocycles. The molecule has 0 spiro atoms. The third-order valence-corrected chi connectivity index (χ3v) is 6.57. The van der Waals surface area contributed by atoms with Gasteiger partial charge in [0.2, 0.25) is 5.91 Å². The molecule has 0 aromatic heterocycles. The smallest absolute Gasteiger partial charge is 0.264 e. The summed E-state index contributed by atoms with van der Waals surface area (Å²) in [4.78, 5) is 12.6. The van der Waals surface area contributed by atoms with Crippen LogP contribution in [0.15, 0.2) is 65.6 Å². The monoisotopic (exact) mass is 476 g/mol. The van der Waals surface area contributed by atoms with Gasteiger partial charge < -0.3 is 14.8 Å². The minimum absolute atomic E-state index is 0.0623. The number of aryl methyl sites for hydroxylation is 1. The van der Waals surface area contributed by atoms with Crippen LogP contribution in [-0.2, 0) is 14.8 Å². The zero-order valence-corrected chi connectivity index (χ0v) is 18.9. The van der Waals surface area contributed by atoms with Gasteiger partial charge in [-0.15, -0.1) is 0 Å². The third kappa shape index (κ3) is 5.23. The molecule has 1 N–H and O–H groups in total. The van der Waals surface area contributed by atoms with Crippen molar-refractivity contribution in [2.24, 2.45) is 0 Å². The SMILES string of the molecule is COc1ccc(N(CC(=O)Nc2c(F)cccc2F)S(=O)(=O)c2ccc(C)cc2)cc1OC. The first-order valence-corrected chi connectivity index (χ1v) is 11.2. The third-order valence-electron chi connectivity index (χ3n) is 4.78. The second-order valence-electron chi connectivity index (χ2n) is 7.01. The fraction of sp³-hybridized carbons (Fsp3) is 0.174. The number of hydrogen-bond donors (Lipinski definition) is 1. The van der Waals surface area contributed by atoms with Crippen LogP contribution in [0, 0.1) is 18.6 Å².